The minimum atomic E-state index is -0.770. The molecule has 6 heteroatoms. The largest absolute Gasteiger partial charge is 0.462 e. The summed E-state index contributed by atoms with van der Waals surface area (Å²) in [7, 11) is 0. The Morgan fingerprint density at radius 3 is 0.740 bits per heavy atom. The number of hydrogen-bond donors (Lipinski definition) is 0. The van der Waals surface area contributed by atoms with Crippen molar-refractivity contribution in [2.24, 2.45) is 0 Å². The van der Waals surface area contributed by atoms with Crippen molar-refractivity contribution in [1.82, 2.24) is 0 Å². The maximum atomic E-state index is 12.9. The molecule has 77 heavy (non-hydrogen) atoms. The van der Waals surface area contributed by atoms with Crippen LogP contribution in [0.2, 0.25) is 0 Å². The molecule has 0 fully saturated rings. The van der Waals surface area contributed by atoms with Gasteiger partial charge in [-0.25, -0.2) is 0 Å². The van der Waals surface area contributed by atoms with Gasteiger partial charge in [0.1, 0.15) is 13.2 Å². The van der Waals surface area contributed by atoms with Gasteiger partial charge in [0.2, 0.25) is 0 Å². The summed E-state index contributed by atoms with van der Waals surface area (Å²) in [6.45, 7) is 6.69. The molecule has 1 atom stereocenters. The summed E-state index contributed by atoms with van der Waals surface area (Å²) >= 11 is 0. The molecule has 0 aliphatic carbocycles. The number of carbonyl (C=O) groups excluding carboxylic acids is 3. The van der Waals surface area contributed by atoms with E-state index in [0.29, 0.717) is 19.3 Å². The van der Waals surface area contributed by atoms with Gasteiger partial charge in [-0.2, -0.15) is 0 Å². The van der Waals surface area contributed by atoms with Crippen LogP contribution < -0.4 is 0 Å². The van der Waals surface area contributed by atoms with Gasteiger partial charge in [0, 0.05) is 19.3 Å². The molecular formula is C71H134O6. The molecule has 0 heterocycles. The highest BCUT2D eigenvalue weighted by atomic mass is 16.6. The van der Waals surface area contributed by atoms with E-state index in [4.69, 9.17) is 14.2 Å². The first kappa shape index (κ1) is 74.9. The zero-order valence-electron chi connectivity index (χ0n) is 52.3. The van der Waals surface area contributed by atoms with Gasteiger partial charge in [0.25, 0.3) is 0 Å². The Morgan fingerprint density at radius 1 is 0.260 bits per heavy atom. The van der Waals surface area contributed by atoms with Gasteiger partial charge in [-0.05, 0) is 51.4 Å². The van der Waals surface area contributed by atoms with Crippen molar-refractivity contribution in [3.8, 4) is 0 Å². The van der Waals surface area contributed by atoms with Crippen LogP contribution in [0.4, 0.5) is 0 Å². The Balaban J connectivity index is 4.19. The van der Waals surface area contributed by atoms with E-state index in [1.165, 1.54) is 289 Å². The maximum Gasteiger partial charge on any atom is 0.306 e. The molecule has 0 aromatic heterocycles. The molecule has 0 aromatic rings. The van der Waals surface area contributed by atoms with E-state index in [-0.39, 0.29) is 31.1 Å². The number of rotatable bonds is 65. The second-order valence-corrected chi connectivity index (χ2v) is 23.8. The van der Waals surface area contributed by atoms with E-state index in [1.807, 2.05) is 0 Å². The highest BCUT2D eigenvalue weighted by molar-refractivity contribution is 5.71. The van der Waals surface area contributed by atoms with Crippen LogP contribution in [0.25, 0.3) is 0 Å². The molecule has 0 saturated heterocycles. The third-order valence-corrected chi connectivity index (χ3v) is 16.0. The molecule has 1 unspecified atom stereocenters. The highest BCUT2D eigenvalue weighted by Gasteiger charge is 2.19. The van der Waals surface area contributed by atoms with Gasteiger partial charge in [0.05, 0.1) is 0 Å². The van der Waals surface area contributed by atoms with Crippen LogP contribution in [0, 0.1) is 0 Å². The van der Waals surface area contributed by atoms with E-state index < -0.39 is 6.10 Å². The Labute approximate surface area is 481 Å². The van der Waals surface area contributed by atoms with E-state index in [1.54, 1.807) is 0 Å². The van der Waals surface area contributed by atoms with Gasteiger partial charge < -0.3 is 14.2 Å². The predicted octanol–water partition coefficient (Wildman–Crippen LogP) is 23.8. The molecule has 454 valence electrons. The smallest absolute Gasteiger partial charge is 0.306 e. The van der Waals surface area contributed by atoms with Crippen LogP contribution in [-0.4, -0.2) is 37.2 Å². The lowest BCUT2D eigenvalue weighted by Crippen LogP contribution is -2.30. The van der Waals surface area contributed by atoms with Crippen molar-refractivity contribution in [3.63, 3.8) is 0 Å². The van der Waals surface area contributed by atoms with E-state index in [9.17, 15) is 14.4 Å². The van der Waals surface area contributed by atoms with Gasteiger partial charge in [-0.15, -0.1) is 0 Å². The SMILES string of the molecule is CCCCC/C=C\C/C=C\CCCCCCCCCCCC(=O)OC(COC(=O)CCCCCCCCCCCCCCC)COC(=O)CCCCCCCCCCCCCCCCCCCCCCCCCCCCC. The van der Waals surface area contributed by atoms with Crippen molar-refractivity contribution < 1.29 is 28.6 Å². The molecule has 6 nitrogen and oxygen atoms in total. The Kier molecular flexibility index (Phi) is 64.6. The van der Waals surface area contributed by atoms with Crippen LogP contribution in [0.3, 0.4) is 0 Å². The quantitative estimate of drug-likeness (QED) is 0.0261. The van der Waals surface area contributed by atoms with Gasteiger partial charge in [0.15, 0.2) is 6.10 Å². The van der Waals surface area contributed by atoms with Crippen LogP contribution in [0.15, 0.2) is 24.3 Å². The summed E-state index contributed by atoms with van der Waals surface area (Å²) in [4.78, 5) is 38.4. The van der Waals surface area contributed by atoms with Crippen molar-refractivity contribution in [2.45, 2.75) is 399 Å². The fraction of sp³-hybridized carbons (Fsp3) is 0.901. The molecule has 0 N–H and O–H groups in total. The Hall–Kier alpha value is -2.11. The predicted molar refractivity (Wildman–Crippen MR) is 335 cm³/mol. The van der Waals surface area contributed by atoms with Crippen LogP contribution in [0.1, 0.15) is 393 Å². The molecule has 0 radical (unpaired) electrons. The molecule has 0 saturated carbocycles. The van der Waals surface area contributed by atoms with Gasteiger partial charge in [-0.1, -0.05) is 347 Å². The topological polar surface area (TPSA) is 78.9 Å². The van der Waals surface area contributed by atoms with Gasteiger partial charge >= 0.3 is 17.9 Å². The minimum Gasteiger partial charge on any atom is -0.462 e. The van der Waals surface area contributed by atoms with Crippen LogP contribution in [-0.2, 0) is 28.6 Å². The maximum absolute atomic E-state index is 12.9. The first-order chi connectivity index (χ1) is 38.0. The molecule has 0 amide bonds. The van der Waals surface area contributed by atoms with Crippen molar-refractivity contribution >= 4 is 17.9 Å². The number of ether oxygens (including phenoxy) is 3. The number of esters is 3. The van der Waals surface area contributed by atoms with Gasteiger partial charge in [-0.3, -0.25) is 14.4 Å². The normalized spacial score (nSPS) is 12.1. The molecule has 0 aliphatic rings. The molecular weight excluding hydrogens is 949 g/mol. The standard InChI is InChI=1S/C71H134O6/c1-4-7-10-13-16-19-22-25-27-29-31-32-33-34-35-36-37-38-40-41-43-46-49-52-55-58-61-64-70(73)76-67-68(66-75-69(72)63-60-57-54-51-48-45-24-21-18-15-12-9-6-3)77-71(74)65-62-59-56-53-50-47-44-42-39-30-28-26-23-20-17-14-11-8-5-2/h17,20,26,28,68H,4-16,18-19,21-25,27,29-67H2,1-3H3/b20-17-,28-26-. The summed E-state index contributed by atoms with van der Waals surface area (Å²) in [5.41, 5.74) is 0. The fourth-order valence-corrected chi connectivity index (χ4v) is 10.7. The van der Waals surface area contributed by atoms with Crippen LogP contribution >= 0.6 is 0 Å². The van der Waals surface area contributed by atoms with Crippen molar-refractivity contribution in [2.75, 3.05) is 13.2 Å². The number of hydrogen-bond acceptors (Lipinski definition) is 6. The first-order valence-electron chi connectivity index (χ1n) is 34.8. The lowest BCUT2D eigenvalue weighted by molar-refractivity contribution is -0.167. The van der Waals surface area contributed by atoms with Crippen LogP contribution in [0.5, 0.6) is 0 Å². The van der Waals surface area contributed by atoms with E-state index in [0.717, 1.165) is 64.2 Å². The fourth-order valence-electron chi connectivity index (χ4n) is 10.7. The lowest BCUT2D eigenvalue weighted by Gasteiger charge is -2.18. The summed E-state index contributed by atoms with van der Waals surface area (Å²) in [5.74, 6) is -0.840. The number of unbranched alkanes of at least 4 members (excludes halogenated alkanes) is 50. The van der Waals surface area contributed by atoms with Crippen molar-refractivity contribution in [1.29, 1.82) is 0 Å². The molecule has 0 bridgehead atoms. The highest BCUT2D eigenvalue weighted by Crippen LogP contribution is 2.19. The number of carbonyl (C=O) groups is 3. The average molecular weight is 1080 g/mol. The zero-order valence-corrected chi connectivity index (χ0v) is 52.3. The van der Waals surface area contributed by atoms with Crippen molar-refractivity contribution in [3.05, 3.63) is 24.3 Å². The Morgan fingerprint density at radius 2 is 0.468 bits per heavy atom. The Bertz CT molecular complexity index is 1240. The molecule has 0 aliphatic heterocycles. The molecule has 0 rings (SSSR count). The summed E-state index contributed by atoms with van der Waals surface area (Å²) in [5, 5.41) is 0. The summed E-state index contributed by atoms with van der Waals surface area (Å²) in [6, 6.07) is 0. The average Bonchev–Trinajstić information content (AvgIpc) is 3.43. The summed E-state index contributed by atoms with van der Waals surface area (Å²) in [6.07, 6.45) is 80.6. The zero-order chi connectivity index (χ0) is 55.7. The second kappa shape index (κ2) is 66.4. The molecule has 0 aromatic carbocycles. The van der Waals surface area contributed by atoms with E-state index >= 15 is 0 Å². The number of allylic oxidation sites excluding steroid dienone is 4. The summed E-state index contributed by atoms with van der Waals surface area (Å²) < 4.78 is 17.0. The third-order valence-electron chi connectivity index (χ3n) is 16.0. The second-order valence-electron chi connectivity index (χ2n) is 23.8. The lowest BCUT2D eigenvalue weighted by atomic mass is 10.0. The minimum absolute atomic E-state index is 0.0665. The third kappa shape index (κ3) is 64.6. The van der Waals surface area contributed by atoms with E-state index in [2.05, 4.69) is 45.1 Å². The molecule has 0 spiro atoms. The monoisotopic (exact) mass is 1080 g/mol. The first-order valence-corrected chi connectivity index (χ1v) is 34.8.